The van der Waals surface area contributed by atoms with Crippen molar-refractivity contribution in [2.75, 3.05) is 4.90 Å². The van der Waals surface area contributed by atoms with Crippen molar-refractivity contribution < 1.29 is 0 Å². The van der Waals surface area contributed by atoms with Gasteiger partial charge in [-0.15, -0.1) is 11.3 Å². The molecule has 0 saturated heterocycles. The molecule has 0 unspecified atom stereocenters. The van der Waals surface area contributed by atoms with Gasteiger partial charge in [0.15, 0.2) is 0 Å². The summed E-state index contributed by atoms with van der Waals surface area (Å²) < 4.78 is 2.64. The van der Waals surface area contributed by atoms with Gasteiger partial charge >= 0.3 is 0 Å². The van der Waals surface area contributed by atoms with Crippen LogP contribution in [0.25, 0.3) is 42.4 Å². The van der Waals surface area contributed by atoms with E-state index < -0.39 is 0 Å². The smallest absolute Gasteiger partial charge is 0.0499 e. The van der Waals surface area contributed by atoms with Gasteiger partial charge in [-0.3, -0.25) is 0 Å². The zero-order valence-electron chi connectivity index (χ0n) is 24.2. The number of benzene rings is 6. The number of nitrogens with zero attached hydrogens (tertiary/aromatic N) is 1. The van der Waals surface area contributed by atoms with Gasteiger partial charge in [-0.2, -0.15) is 0 Å². The van der Waals surface area contributed by atoms with Crippen molar-refractivity contribution in [2.24, 2.45) is 0 Å². The van der Waals surface area contributed by atoms with E-state index in [2.05, 4.69) is 171 Å². The second-order valence-corrected chi connectivity index (χ2v) is 13.0. The summed E-state index contributed by atoms with van der Waals surface area (Å²) in [6.07, 6.45) is 0. The number of anilines is 3. The monoisotopic (exact) mass is 559 g/mol. The molecule has 2 heteroatoms. The summed E-state index contributed by atoms with van der Waals surface area (Å²) >= 11 is 1.86. The Morgan fingerprint density at radius 3 is 1.69 bits per heavy atom. The molecule has 7 aromatic rings. The van der Waals surface area contributed by atoms with Crippen molar-refractivity contribution in [3.63, 3.8) is 0 Å². The average Bonchev–Trinajstić information content (AvgIpc) is 3.40. The maximum Gasteiger partial charge on any atom is 0.0499 e. The van der Waals surface area contributed by atoms with Gasteiger partial charge in [-0.05, 0) is 81.8 Å². The van der Waals surface area contributed by atoms with Crippen LogP contribution in [-0.4, -0.2) is 0 Å². The Balaban J connectivity index is 1.44. The Kier molecular flexibility index (Phi) is 6.64. The summed E-state index contributed by atoms with van der Waals surface area (Å²) in [7, 11) is 0. The zero-order valence-corrected chi connectivity index (χ0v) is 25.0. The van der Waals surface area contributed by atoms with Crippen LogP contribution in [0.1, 0.15) is 26.3 Å². The van der Waals surface area contributed by atoms with Crippen molar-refractivity contribution in [3.8, 4) is 22.3 Å². The van der Waals surface area contributed by atoms with Crippen LogP contribution < -0.4 is 4.90 Å². The molecule has 0 atom stereocenters. The van der Waals surface area contributed by atoms with Gasteiger partial charge in [0, 0.05) is 37.2 Å². The van der Waals surface area contributed by atoms with E-state index in [0.717, 1.165) is 11.4 Å². The minimum absolute atomic E-state index is 0.0679. The minimum atomic E-state index is -0.0679. The molecule has 6 aromatic carbocycles. The van der Waals surface area contributed by atoms with Gasteiger partial charge in [0.1, 0.15) is 0 Å². The molecule has 1 nitrogen and oxygen atoms in total. The van der Waals surface area contributed by atoms with E-state index in [9.17, 15) is 0 Å². The standard InChI is InChI=1S/C40H33NS/c1-40(2,3)36-26-31(29-14-8-5-9-15-29)20-24-37(36)41(32-21-18-30(19-22-32)28-12-6-4-7-13-28)33-23-25-39-35(27-33)34-16-10-11-17-38(34)42-39/h4-27H,1-3H3. The molecule has 7 rings (SSSR count). The van der Waals surface area contributed by atoms with Gasteiger partial charge in [-0.25, -0.2) is 0 Å². The minimum Gasteiger partial charge on any atom is -0.310 e. The van der Waals surface area contributed by atoms with E-state index in [-0.39, 0.29) is 5.41 Å². The van der Waals surface area contributed by atoms with Crippen molar-refractivity contribution in [1.29, 1.82) is 0 Å². The van der Waals surface area contributed by atoms with Crippen LogP contribution in [-0.2, 0) is 5.41 Å². The molecule has 0 fully saturated rings. The lowest BCUT2D eigenvalue weighted by molar-refractivity contribution is 0.591. The number of thiophene rings is 1. The summed E-state index contributed by atoms with van der Waals surface area (Å²) in [5.74, 6) is 0. The fourth-order valence-corrected chi connectivity index (χ4v) is 6.94. The zero-order chi connectivity index (χ0) is 28.7. The summed E-state index contributed by atoms with van der Waals surface area (Å²) in [6, 6.07) is 52.9. The van der Waals surface area contributed by atoms with Gasteiger partial charge in [0.2, 0.25) is 0 Å². The highest BCUT2D eigenvalue weighted by Gasteiger charge is 2.25. The van der Waals surface area contributed by atoms with E-state index in [4.69, 9.17) is 0 Å². The molecule has 1 heterocycles. The number of fused-ring (bicyclic) bond motifs is 3. The van der Waals surface area contributed by atoms with Crippen LogP contribution in [0.5, 0.6) is 0 Å². The van der Waals surface area contributed by atoms with Gasteiger partial charge in [-0.1, -0.05) is 118 Å². The second-order valence-electron chi connectivity index (χ2n) is 11.9. The van der Waals surface area contributed by atoms with E-state index in [1.165, 1.54) is 53.7 Å². The van der Waals surface area contributed by atoms with Crippen molar-refractivity contribution in [1.82, 2.24) is 0 Å². The van der Waals surface area contributed by atoms with E-state index in [1.54, 1.807) is 0 Å². The lowest BCUT2D eigenvalue weighted by Gasteiger charge is -2.32. The van der Waals surface area contributed by atoms with E-state index in [0.29, 0.717) is 0 Å². The molecule has 0 saturated carbocycles. The van der Waals surface area contributed by atoms with Crippen LogP contribution in [0.2, 0.25) is 0 Å². The number of hydrogen-bond acceptors (Lipinski definition) is 2. The highest BCUT2D eigenvalue weighted by Crippen LogP contribution is 2.45. The quantitative estimate of drug-likeness (QED) is 0.203. The predicted molar refractivity (Wildman–Crippen MR) is 184 cm³/mol. The van der Waals surface area contributed by atoms with Gasteiger partial charge in [0.25, 0.3) is 0 Å². The molecule has 1 aromatic heterocycles. The molecule has 0 amide bonds. The summed E-state index contributed by atoms with van der Waals surface area (Å²) in [4.78, 5) is 2.44. The normalized spacial score (nSPS) is 11.7. The Bertz CT molecular complexity index is 2000. The molecule has 0 aliphatic carbocycles. The molecular formula is C40H33NS. The Labute approximate surface area is 252 Å². The molecule has 0 spiro atoms. The topological polar surface area (TPSA) is 3.24 Å². The third-order valence-electron chi connectivity index (χ3n) is 8.00. The lowest BCUT2D eigenvalue weighted by atomic mass is 9.83. The molecular weight excluding hydrogens is 527 g/mol. The third kappa shape index (κ3) is 4.89. The SMILES string of the molecule is CC(C)(C)c1cc(-c2ccccc2)ccc1N(c1ccc(-c2ccccc2)cc1)c1ccc2sc3ccccc3c2c1. The highest BCUT2D eigenvalue weighted by molar-refractivity contribution is 7.25. The fraction of sp³-hybridized carbons (Fsp3) is 0.100. The molecule has 204 valence electrons. The molecule has 0 radical (unpaired) electrons. The molecule has 0 aliphatic heterocycles. The first-order chi connectivity index (χ1) is 20.5. The predicted octanol–water partition coefficient (Wildman–Crippen LogP) is 12.2. The van der Waals surface area contributed by atoms with Crippen LogP contribution >= 0.6 is 11.3 Å². The maximum absolute atomic E-state index is 2.44. The average molecular weight is 560 g/mol. The van der Waals surface area contributed by atoms with Crippen LogP contribution in [0, 0.1) is 0 Å². The van der Waals surface area contributed by atoms with Gasteiger partial charge < -0.3 is 4.90 Å². The first kappa shape index (κ1) is 26.3. The molecule has 42 heavy (non-hydrogen) atoms. The maximum atomic E-state index is 2.44. The Morgan fingerprint density at radius 2 is 1.00 bits per heavy atom. The summed E-state index contributed by atoms with van der Waals surface area (Å²) in [6.45, 7) is 6.94. The molecule has 0 bridgehead atoms. The summed E-state index contributed by atoms with van der Waals surface area (Å²) in [5, 5.41) is 2.62. The Hall–Kier alpha value is -4.66. The highest BCUT2D eigenvalue weighted by atomic mass is 32.1. The van der Waals surface area contributed by atoms with E-state index >= 15 is 0 Å². The van der Waals surface area contributed by atoms with Gasteiger partial charge in [0.05, 0.1) is 0 Å². The molecule has 0 aliphatic rings. The first-order valence-electron chi connectivity index (χ1n) is 14.5. The third-order valence-corrected chi connectivity index (χ3v) is 9.16. The van der Waals surface area contributed by atoms with Crippen molar-refractivity contribution in [2.45, 2.75) is 26.2 Å². The van der Waals surface area contributed by atoms with Crippen LogP contribution in [0.3, 0.4) is 0 Å². The van der Waals surface area contributed by atoms with E-state index in [1.807, 2.05) is 11.3 Å². The number of rotatable bonds is 5. The molecule has 0 N–H and O–H groups in total. The first-order valence-corrected chi connectivity index (χ1v) is 15.3. The lowest BCUT2D eigenvalue weighted by Crippen LogP contribution is -2.19. The second kappa shape index (κ2) is 10.6. The number of hydrogen-bond donors (Lipinski definition) is 0. The van der Waals surface area contributed by atoms with Crippen molar-refractivity contribution >= 4 is 48.6 Å². The fourth-order valence-electron chi connectivity index (χ4n) is 5.86. The Morgan fingerprint density at radius 1 is 0.452 bits per heavy atom. The largest absolute Gasteiger partial charge is 0.310 e. The van der Waals surface area contributed by atoms with Crippen LogP contribution in [0.4, 0.5) is 17.1 Å². The summed E-state index contributed by atoms with van der Waals surface area (Å²) in [5.41, 5.74) is 9.67. The van der Waals surface area contributed by atoms with Crippen LogP contribution in [0.15, 0.2) is 146 Å². The van der Waals surface area contributed by atoms with Crippen molar-refractivity contribution in [3.05, 3.63) is 151 Å².